The zero-order valence-electron chi connectivity index (χ0n) is 11.5. The lowest BCUT2D eigenvalue weighted by Gasteiger charge is -2.24. The number of ether oxygens (including phenoxy) is 1. The van der Waals surface area contributed by atoms with Gasteiger partial charge in [0.2, 0.25) is 9.05 Å². The lowest BCUT2D eigenvalue weighted by molar-refractivity contribution is 0.198. The minimum absolute atomic E-state index is 0.132. The van der Waals surface area contributed by atoms with Crippen molar-refractivity contribution in [2.75, 3.05) is 12.4 Å². The monoisotopic (exact) mass is 324 g/mol. The van der Waals surface area contributed by atoms with E-state index >= 15 is 0 Å². The molecule has 0 spiro atoms. The third-order valence-corrected chi connectivity index (χ3v) is 4.27. The van der Waals surface area contributed by atoms with E-state index in [1.807, 2.05) is 26.0 Å². The van der Waals surface area contributed by atoms with Crippen LogP contribution in [-0.4, -0.2) is 20.8 Å². The summed E-state index contributed by atoms with van der Waals surface area (Å²) in [6, 6.07) is 3.63. The van der Waals surface area contributed by atoms with Crippen molar-refractivity contribution in [1.82, 2.24) is 0 Å². The fourth-order valence-corrected chi connectivity index (χ4v) is 4.13. The highest BCUT2D eigenvalue weighted by atomic mass is 35.7. The van der Waals surface area contributed by atoms with Gasteiger partial charge in [0, 0.05) is 21.1 Å². The minimum atomic E-state index is -3.54. The molecule has 6 heteroatoms. The highest BCUT2D eigenvalue weighted by Crippen LogP contribution is 2.29. The van der Waals surface area contributed by atoms with Gasteiger partial charge in [0.1, 0.15) is 5.75 Å². The molecule has 108 valence electrons. The quantitative estimate of drug-likeness (QED) is 0.771. The van der Waals surface area contributed by atoms with Crippen LogP contribution in [0.15, 0.2) is 12.1 Å². The normalized spacial score (nSPS) is 12.5. The van der Waals surface area contributed by atoms with Crippen LogP contribution in [0.4, 0.5) is 0 Å². The minimum Gasteiger partial charge on any atom is -0.492 e. The molecule has 0 bridgehead atoms. The van der Waals surface area contributed by atoms with E-state index in [1.165, 1.54) is 0 Å². The second kappa shape index (κ2) is 5.90. The summed E-state index contributed by atoms with van der Waals surface area (Å²) in [7, 11) is 1.74. The Morgan fingerprint density at radius 1 is 1.21 bits per heavy atom. The summed E-state index contributed by atoms with van der Waals surface area (Å²) >= 11 is 5.95. The van der Waals surface area contributed by atoms with Gasteiger partial charge in [-0.2, -0.15) is 0 Å². The van der Waals surface area contributed by atoms with Crippen LogP contribution in [0.5, 0.6) is 5.75 Å². The molecule has 0 atom stereocenters. The maximum Gasteiger partial charge on any atom is 0.233 e. The Bertz CT molecular complexity index is 542. The molecule has 1 aromatic carbocycles. The van der Waals surface area contributed by atoms with Gasteiger partial charge >= 0.3 is 0 Å². The van der Waals surface area contributed by atoms with Crippen molar-refractivity contribution < 1.29 is 13.2 Å². The third kappa shape index (κ3) is 5.59. The summed E-state index contributed by atoms with van der Waals surface area (Å²) in [5.41, 5.74) is 1.29. The van der Waals surface area contributed by atoms with Gasteiger partial charge in [0.25, 0.3) is 0 Å². The highest BCUT2D eigenvalue weighted by Gasteiger charge is 2.26. The first-order chi connectivity index (χ1) is 8.50. The summed E-state index contributed by atoms with van der Waals surface area (Å²) in [6.07, 6.45) is 0. The maximum atomic E-state index is 11.1. The summed E-state index contributed by atoms with van der Waals surface area (Å²) < 4.78 is 28.0. The molecule has 1 aromatic rings. The molecule has 0 aliphatic carbocycles. The van der Waals surface area contributed by atoms with Crippen molar-refractivity contribution in [3.05, 3.63) is 28.3 Å². The van der Waals surface area contributed by atoms with Crippen LogP contribution in [0.25, 0.3) is 0 Å². The summed E-state index contributed by atoms with van der Waals surface area (Å²) in [5.74, 6) is 0.609. The molecule has 0 unspecified atom stereocenters. The molecular formula is C13H18Cl2O3S. The molecule has 19 heavy (non-hydrogen) atoms. The molecule has 0 saturated heterocycles. The van der Waals surface area contributed by atoms with Crippen molar-refractivity contribution in [2.45, 2.75) is 27.7 Å². The number of halogens is 2. The number of hydrogen-bond donors (Lipinski definition) is 0. The van der Waals surface area contributed by atoms with Crippen LogP contribution in [-0.2, 0) is 9.05 Å². The fourth-order valence-electron chi connectivity index (χ4n) is 1.90. The average molecular weight is 325 g/mol. The van der Waals surface area contributed by atoms with Crippen LogP contribution in [0.3, 0.4) is 0 Å². The number of aryl methyl sites for hydroxylation is 2. The first kappa shape index (κ1) is 16.6. The van der Waals surface area contributed by atoms with Crippen molar-refractivity contribution >= 4 is 31.3 Å². The number of hydrogen-bond acceptors (Lipinski definition) is 3. The van der Waals surface area contributed by atoms with E-state index in [2.05, 4.69) is 0 Å². The van der Waals surface area contributed by atoms with Gasteiger partial charge in [-0.25, -0.2) is 8.42 Å². The molecular weight excluding hydrogens is 307 g/mol. The smallest absolute Gasteiger partial charge is 0.233 e. The molecule has 0 aliphatic rings. The van der Waals surface area contributed by atoms with Gasteiger partial charge in [0.05, 0.1) is 12.4 Å². The average Bonchev–Trinajstić information content (AvgIpc) is 2.10. The molecule has 0 fully saturated rings. The van der Waals surface area contributed by atoms with Crippen LogP contribution in [0, 0.1) is 19.3 Å². The largest absolute Gasteiger partial charge is 0.492 e. The Labute approximate surface area is 124 Å². The first-order valence-electron chi connectivity index (χ1n) is 5.82. The summed E-state index contributed by atoms with van der Waals surface area (Å²) in [5, 5.41) is 0.657. The lowest BCUT2D eigenvalue weighted by Crippen LogP contribution is -2.28. The fraction of sp³-hybridized carbons (Fsp3) is 0.538. The van der Waals surface area contributed by atoms with E-state index in [9.17, 15) is 8.42 Å². The lowest BCUT2D eigenvalue weighted by atomic mass is 9.98. The zero-order valence-corrected chi connectivity index (χ0v) is 13.8. The van der Waals surface area contributed by atoms with E-state index in [-0.39, 0.29) is 12.4 Å². The van der Waals surface area contributed by atoms with Crippen molar-refractivity contribution in [3.8, 4) is 5.75 Å². The number of rotatable bonds is 5. The molecule has 1 rings (SSSR count). The predicted molar refractivity (Wildman–Crippen MR) is 79.8 cm³/mol. The standard InChI is InChI=1S/C13H18Cl2O3S/c1-9-5-11(14)6-10(2)12(9)18-7-13(3,4)8-19(15,16)17/h5-6H,7-8H2,1-4H3. The Kier molecular flexibility index (Phi) is 5.15. The second-order valence-electron chi connectivity index (χ2n) is 5.50. The second-order valence-corrected chi connectivity index (χ2v) is 8.72. The van der Waals surface area contributed by atoms with E-state index < -0.39 is 14.5 Å². The molecule has 0 aliphatic heterocycles. The zero-order chi connectivity index (χ0) is 14.8. The number of benzene rings is 1. The van der Waals surface area contributed by atoms with Gasteiger partial charge in [0.15, 0.2) is 0 Å². The van der Waals surface area contributed by atoms with Gasteiger partial charge < -0.3 is 4.74 Å². The Balaban J connectivity index is 2.83. The Morgan fingerprint density at radius 2 is 1.68 bits per heavy atom. The topological polar surface area (TPSA) is 43.4 Å². The van der Waals surface area contributed by atoms with Crippen LogP contribution in [0.2, 0.25) is 5.02 Å². The molecule has 0 saturated carbocycles. The van der Waals surface area contributed by atoms with Gasteiger partial charge in [-0.3, -0.25) is 0 Å². The van der Waals surface area contributed by atoms with Crippen molar-refractivity contribution in [1.29, 1.82) is 0 Å². The Morgan fingerprint density at radius 3 is 2.11 bits per heavy atom. The van der Waals surface area contributed by atoms with E-state index in [0.717, 1.165) is 16.9 Å². The third-order valence-electron chi connectivity index (χ3n) is 2.60. The first-order valence-corrected chi connectivity index (χ1v) is 8.68. The SMILES string of the molecule is Cc1cc(Cl)cc(C)c1OCC(C)(C)CS(=O)(=O)Cl. The van der Waals surface area contributed by atoms with E-state index in [1.54, 1.807) is 13.8 Å². The summed E-state index contributed by atoms with van der Waals surface area (Å²) in [4.78, 5) is 0. The van der Waals surface area contributed by atoms with Gasteiger partial charge in [-0.1, -0.05) is 25.4 Å². The predicted octanol–water partition coefficient (Wildman–Crippen LogP) is 3.93. The molecule has 3 nitrogen and oxygen atoms in total. The van der Waals surface area contributed by atoms with Crippen LogP contribution >= 0.6 is 22.3 Å². The van der Waals surface area contributed by atoms with E-state index in [0.29, 0.717) is 5.02 Å². The van der Waals surface area contributed by atoms with Gasteiger partial charge in [-0.05, 0) is 37.1 Å². The van der Waals surface area contributed by atoms with Crippen LogP contribution in [0.1, 0.15) is 25.0 Å². The van der Waals surface area contributed by atoms with Crippen molar-refractivity contribution in [2.24, 2.45) is 5.41 Å². The molecule has 0 N–H and O–H groups in total. The highest BCUT2D eigenvalue weighted by molar-refractivity contribution is 8.13. The van der Waals surface area contributed by atoms with E-state index in [4.69, 9.17) is 27.0 Å². The molecule has 0 amide bonds. The Hall–Kier alpha value is -0.450. The maximum absolute atomic E-state index is 11.1. The molecule has 0 aromatic heterocycles. The van der Waals surface area contributed by atoms with Crippen LogP contribution < -0.4 is 4.74 Å². The van der Waals surface area contributed by atoms with Gasteiger partial charge in [-0.15, -0.1) is 0 Å². The molecule has 0 heterocycles. The summed E-state index contributed by atoms with van der Waals surface area (Å²) in [6.45, 7) is 7.67. The van der Waals surface area contributed by atoms with Crippen molar-refractivity contribution in [3.63, 3.8) is 0 Å². The molecule has 0 radical (unpaired) electrons.